The van der Waals surface area contributed by atoms with Gasteiger partial charge in [0.25, 0.3) is 0 Å². The van der Waals surface area contributed by atoms with E-state index in [9.17, 15) is 0 Å². The molecule has 1 fully saturated rings. The Hall–Kier alpha value is -0.220. The fraction of sp³-hybridized carbons (Fsp3) is 0.545. The van der Waals surface area contributed by atoms with Gasteiger partial charge < -0.3 is 5.32 Å². The third kappa shape index (κ3) is 3.68. The summed E-state index contributed by atoms with van der Waals surface area (Å²) in [6.07, 6.45) is 6.38. The lowest BCUT2D eigenvalue weighted by atomic mass is 10.0. The summed E-state index contributed by atoms with van der Waals surface area (Å²) in [4.78, 5) is 4.13. The second-order valence-electron chi connectivity index (χ2n) is 3.83. The molecule has 0 amide bonds. The molecule has 0 atom stereocenters. The van der Waals surface area contributed by atoms with Crippen molar-refractivity contribution < 1.29 is 0 Å². The van der Waals surface area contributed by atoms with Gasteiger partial charge in [0.15, 0.2) is 0 Å². The lowest BCUT2D eigenvalue weighted by Gasteiger charge is -2.21. The van der Waals surface area contributed by atoms with Crippen LogP contribution in [0.5, 0.6) is 0 Å². The highest BCUT2D eigenvalue weighted by atomic mass is 79.9. The van der Waals surface area contributed by atoms with Gasteiger partial charge in [0.05, 0.1) is 11.9 Å². The zero-order chi connectivity index (χ0) is 10.5. The SMILES string of the molecule is Brc1cncc(NCC2CCSCC2)c1. The van der Waals surface area contributed by atoms with Crippen molar-refractivity contribution in [2.75, 3.05) is 23.4 Å². The van der Waals surface area contributed by atoms with Crippen LogP contribution in [0.15, 0.2) is 22.9 Å². The lowest BCUT2D eigenvalue weighted by Crippen LogP contribution is -2.19. The van der Waals surface area contributed by atoms with E-state index < -0.39 is 0 Å². The molecular weight excluding hydrogens is 272 g/mol. The predicted molar refractivity (Wildman–Crippen MR) is 70.5 cm³/mol. The van der Waals surface area contributed by atoms with E-state index in [1.54, 1.807) is 0 Å². The van der Waals surface area contributed by atoms with Crippen LogP contribution in [0.2, 0.25) is 0 Å². The van der Waals surface area contributed by atoms with Crippen LogP contribution in [-0.4, -0.2) is 23.0 Å². The van der Waals surface area contributed by atoms with Gasteiger partial charge in [-0.2, -0.15) is 11.8 Å². The summed E-state index contributed by atoms with van der Waals surface area (Å²) in [6, 6.07) is 2.07. The first kappa shape index (κ1) is 11.3. The van der Waals surface area contributed by atoms with E-state index in [1.807, 2.05) is 12.4 Å². The molecule has 2 nitrogen and oxygen atoms in total. The van der Waals surface area contributed by atoms with E-state index in [2.05, 4.69) is 44.1 Å². The summed E-state index contributed by atoms with van der Waals surface area (Å²) in [5, 5.41) is 3.45. The van der Waals surface area contributed by atoms with E-state index in [0.717, 1.165) is 22.6 Å². The molecule has 0 saturated carbocycles. The van der Waals surface area contributed by atoms with Gasteiger partial charge in [0, 0.05) is 17.2 Å². The monoisotopic (exact) mass is 286 g/mol. The molecule has 1 saturated heterocycles. The number of nitrogens with one attached hydrogen (secondary N) is 1. The van der Waals surface area contributed by atoms with Crippen LogP contribution >= 0.6 is 27.7 Å². The first-order chi connectivity index (χ1) is 7.34. The first-order valence-electron chi connectivity index (χ1n) is 5.27. The number of pyridine rings is 1. The van der Waals surface area contributed by atoms with Gasteiger partial charge in [-0.1, -0.05) is 0 Å². The second kappa shape index (κ2) is 5.75. The maximum atomic E-state index is 4.13. The van der Waals surface area contributed by atoms with Gasteiger partial charge in [-0.05, 0) is 52.3 Å². The molecule has 0 aromatic carbocycles. The third-order valence-electron chi connectivity index (χ3n) is 2.64. The molecule has 1 aliphatic heterocycles. The maximum Gasteiger partial charge on any atom is 0.0538 e. The highest BCUT2D eigenvalue weighted by Crippen LogP contribution is 2.23. The van der Waals surface area contributed by atoms with Crippen molar-refractivity contribution in [3.05, 3.63) is 22.9 Å². The molecule has 1 aromatic heterocycles. The highest BCUT2D eigenvalue weighted by Gasteiger charge is 2.12. The van der Waals surface area contributed by atoms with Gasteiger partial charge >= 0.3 is 0 Å². The van der Waals surface area contributed by atoms with Crippen LogP contribution in [0.3, 0.4) is 0 Å². The van der Waals surface area contributed by atoms with E-state index in [0.29, 0.717) is 0 Å². The Kier molecular flexibility index (Phi) is 4.32. The Morgan fingerprint density at radius 2 is 2.20 bits per heavy atom. The Labute approximate surface area is 103 Å². The number of anilines is 1. The molecule has 0 spiro atoms. The van der Waals surface area contributed by atoms with E-state index in [4.69, 9.17) is 0 Å². The van der Waals surface area contributed by atoms with Gasteiger partial charge in [-0.15, -0.1) is 0 Å². The Morgan fingerprint density at radius 1 is 1.40 bits per heavy atom. The number of rotatable bonds is 3. The fourth-order valence-electron chi connectivity index (χ4n) is 1.72. The van der Waals surface area contributed by atoms with Gasteiger partial charge in [0.1, 0.15) is 0 Å². The number of halogens is 1. The number of hydrogen-bond acceptors (Lipinski definition) is 3. The van der Waals surface area contributed by atoms with Gasteiger partial charge in [-0.3, -0.25) is 4.98 Å². The number of thioether (sulfide) groups is 1. The van der Waals surface area contributed by atoms with Crippen LogP contribution < -0.4 is 5.32 Å². The summed E-state index contributed by atoms with van der Waals surface area (Å²) in [5.74, 6) is 3.48. The second-order valence-corrected chi connectivity index (χ2v) is 5.97. The zero-order valence-electron chi connectivity index (χ0n) is 8.58. The Morgan fingerprint density at radius 3 is 2.93 bits per heavy atom. The van der Waals surface area contributed by atoms with Crippen molar-refractivity contribution in [1.82, 2.24) is 4.98 Å². The average Bonchev–Trinajstić information content (AvgIpc) is 2.28. The minimum atomic E-state index is 0.838. The molecule has 15 heavy (non-hydrogen) atoms. The zero-order valence-corrected chi connectivity index (χ0v) is 11.0. The largest absolute Gasteiger partial charge is 0.383 e. The minimum absolute atomic E-state index is 0.838. The van der Waals surface area contributed by atoms with Crippen LogP contribution in [0.25, 0.3) is 0 Å². The Bertz CT molecular complexity index is 313. The summed E-state index contributed by atoms with van der Waals surface area (Å²) >= 11 is 5.50. The first-order valence-corrected chi connectivity index (χ1v) is 7.21. The van der Waals surface area contributed by atoms with Crippen molar-refractivity contribution in [2.45, 2.75) is 12.8 Å². The summed E-state index contributed by atoms with van der Waals surface area (Å²) < 4.78 is 1.03. The van der Waals surface area contributed by atoms with Gasteiger partial charge in [-0.25, -0.2) is 0 Å². The molecule has 4 heteroatoms. The van der Waals surface area contributed by atoms with E-state index >= 15 is 0 Å². The number of nitrogens with zero attached hydrogens (tertiary/aromatic N) is 1. The molecule has 1 aromatic rings. The van der Waals surface area contributed by atoms with Crippen molar-refractivity contribution in [3.8, 4) is 0 Å². The van der Waals surface area contributed by atoms with E-state index in [-0.39, 0.29) is 0 Å². The van der Waals surface area contributed by atoms with Crippen molar-refractivity contribution in [1.29, 1.82) is 0 Å². The Balaban J connectivity index is 1.81. The van der Waals surface area contributed by atoms with Crippen molar-refractivity contribution >= 4 is 33.4 Å². The quantitative estimate of drug-likeness (QED) is 0.922. The molecule has 0 aliphatic carbocycles. The van der Waals surface area contributed by atoms with Crippen LogP contribution in [0, 0.1) is 5.92 Å². The van der Waals surface area contributed by atoms with Crippen molar-refractivity contribution in [3.63, 3.8) is 0 Å². The smallest absolute Gasteiger partial charge is 0.0538 e. The molecule has 2 rings (SSSR count). The third-order valence-corrected chi connectivity index (χ3v) is 4.12. The summed E-state index contributed by atoms with van der Waals surface area (Å²) in [5.41, 5.74) is 1.11. The van der Waals surface area contributed by atoms with Crippen LogP contribution in [0.4, 0.5) is 5.69 Å². The highest BCUT2D eigenvalue weighted by molar-refractivity contribution is 9.10. The molecule has 0 radical (unpaired) electrons. The topological polar surface area (TPSA) is 24.9 Å². The normalized spacial score (nSPS) is 17.7. The molecule has 2 heterocycles. The van der Waals surface area contributed by atoms with Crippen LogP contribution in [-0.2, 0) is 0 Å². The average molecular weight is 287 g/mol. The minimum Gasteiger partial charge on any atom is -0.383 e. The van der Waals surface area contributed by atoms with Crippen LogP contribution in [0.1, 0.15) is 12.8 Å². The predicted octanol–water partition coefficient (Wildman–Crippen LogP) is 3.40. The summed E-state index contributed by atoms with van der Waals surface area (Å²) in [7, 11) is 0. The van der Waals surface area contributed by atoms with Gasteiger partial charge in [0.2, 0.25) is 0 Å². The molecule has 1 aliphatic rings. The lowest BCUT2D eigenvalue weighted by molar-refractivity contribution is 0.516. The fourth-order valence-corrected chi connectivity index (χ4v) is 3.29. The molecule has 82 valence electrons. The standard InChI is InChI=1S/C11H15BrN2S/c12-10-5-11(8-13-7-10)14-6-9-1-3-15-4-2-9/h5,7-9,14H,1-4,6H2. The summed E-state index contributed by atoms with van der Waals surface area (Å²) in [6.45, 7) is 1.08. The maximum absolute atomic E-state index is 4.13. The van der Waals surface area contributed by atoms with Crippen molar-refractivity contribution in [2.24, 2.45) is 5.92 Å². The number of aromatic nitrogens is 1. The molecule has 0 unspecified atom stereocenters. The molecule has 1 N–H and O–H groups in total. The van der Waals surface area contributed by atoms with E-state index in [1.165, 1.54) is 24.3 Å². The molecular formula is C11H15BrN2S. The number of hydrogen-bond donors (Lipinski definition) is 1. The molecule has 0 bridgehead atoms.